The van der Waals surface area contributed by atoms with Crippen molar-refractivity contribution < 1.29 is 0 Å². The molecule has 0 N–H and O–H groups in total. The van der Waals surface area contributed by atoms with Crippen LogP contribution >= 0.6 is 0 Å². The Hall–Kier alpha value is -4.16. The first kappa shape index (κ1) is 29.9. The summed E-state index contributed by atoms with van der Waals surface area (Å²) in [5.41, 5.74) is 5.81. The summed E-state index contributed by atoms with van der Waals surface area (Å²) in [6.45, 7) is 28.5. The van der Waals surface area contributed by atoms with Crippen molar-refractivity contribution in [2.75, 3.05) is 0 Å². The van der Waals surface area contributed by atoms with Crippen molar-refractivity contribution in [2.45, 2.75) is 105 Å². The zero-order valence-corrected chi connectivity index (χ0v) is 30.9. The van der Waals surface area contributed by atoms with E-state index < -0.39 is 0 Å². The molecule has 0 saturated carbocycles. The number of hydrogen-bond acceptors (Lipinski definition) is 0. The first-order chi connectivity index (χ1) is 22.4. The van der Waals surface area contributed by atoms with Crippen LogP contribution < -0.4 is 0 Å². The first-order valence-electron chi connectivity index (χ1n) is 18.0. The van der Waals surface area contributed by atoms with Crippen LogP contribution in [0.1, 0.15) is 105 Å². The number of hydrogen-bond donors (Lipinski definition) is 0. The summed E-state index contributed by atoms with van der Waals surface area (Å²) in [7, 11) is 0. The fourth-order valence-corrected chi connectivity index (χ4v) is 9.46. The largest absolute Gasteiger partial charge is 0.0610 e. The average molecular weight is 625 g/mol. The molecule has 9 rings (SSSR count). The van der Waals surface area contributed by atoms with Gasteiger partial charge in [0.1, 0.15) is 0 Å². The van der Waals surface area contributed by atoms with Gasteiger partial charge in [-0.2, -0.15) is 0 Å². The smallest absolute Gasteiger partial charge is 0.00135 e. The second-order valence-corrected chi connectivity index (χ2v) is 19.0. The van der Waals surface area contributed by atoms with E-state index in [9.17, 15) is 0 Å². The van der Waals surface area contributed by atoms with Crippen molar-refractivity contribution in [2.24, 2.45) is 0 Å². The Bertz CT molecular complexity index is 2550. The molecule has 9 aromatic carbocycles. The van der Waals surface area contributed by atoms with Crippen LogP contribution in [-0.4, -0.2) is 0 Å². The molecule has 48 heavy (non-hydrogen) atoms. The van der Waals surface area contributed by atoms with Gasteiger partial charge in [-0.25, -0.2) is 0 Å². The van der Waals surface area contributed by atoms with Crippen molar-refractivity contribution in [3.63, 3.8) is 0 Å². The molecule has 0 atom stereocenters. The van der Waals surface area contributed by atoms with Gasteiger partial charge >= 0.3 is 0 Å². The summed E-state index contributed by atoms with van der Waals surface area (Å²) in [6, 6.07) is 29.2. The van der Waals surface area contributed by atoms with Crippen LogP contribution in [0.3, 0.4) is 0 Å². The van der Waals surface area contributed by atoms with Crippen LogP contribution in [0.15, 0.2) is 72.8 Å². The molecule has 0 unspecified atom stereocenters. The van der Waals surface area contributed by atoms with Gasteiger partial charge in [-0.1, -0.05) is 132 Å². The maximum absolute atomic E-state index is 2.58. The molecule has 0 spiro atoms. The fraction of sp³-hybridized carbons (Fsp3) is 0.333. The summed E-state index contributed by atoms with van der Waals surface area (Å²) < 4.78 is 0. The first-order valence-corrected chi connectivity index (χ1v) is 18.0. The van der Waals surface area contributed by atoms with E-state index in [1.807, 2.05) is 0 Å². The van der Waals surface area contributed by atoms with Crippen molar-refractivity contribution in [3.8, 4) is 0 Å². The van der Waals surface area contributed by atoms with Gasteiger partial charge in [0.2, 0.25) is 0 Å². The summed E-state index contributed by atoms with van der Waals surface area (Å²) in [4.78, 5) is 0. The molecule has 0 aromatic heterocycles. The zero-order chi connectivity index (χ0) is 34.0. The molecule has 0 saturated heterocycles. The Morgan fingerprint density at radius 1 is 0.250 bits per heavy atom. The molecule has 0 aliphatic rings. The second-order valence-electron chi connectivity index (χ2n) is 19.0. The minimum absolute atomic E-state index is 0.00451. The van der Waals surface area contributed by atoms with E-state index in [0.717, 1.165) is 0 Å². The standard InChI is InChI=1S/C48H48/c1-45(2,3)35-21-31-25-19-20-26-32-22-36(46(4,5)6)28-16-14-18-30-38(48(10,11)12)24-34(44(32)42(28)30)40(26)39(25)33-23-37(47(7,8)9)29-17-13-15-27(35)41(29)43(31)33/h13-24H,1-12H3. The van der Waals surface area contributed by atoms with Gasteiger partial charge in [0, 0.05) is 0 Å². The molecule has 0 heteroatoms. The van der Waals surface area contributed by atoms with Crippen molar-refractivity contribution in [1.82, 2.24) is 0 Å². The SMILES string of the molecule is CC(C)(C)c1cc2c3ccc4c5cc(C(C)(C)C)c6cccc7c(C(C)(C)C)cc(c5c67)c4c3c3cc(C(C)(C)C)c4cccc1c4c23. The minimum Gasteiger partial charge on any atom is -0.0610 e. The molecule has 9 aromatic rings. The Balaban J connectivity index is 1.63. The van der Waals surface area contributed by atoms with Crippen LogP contribution in [0.25, 0.3) is 86.2 Å². The fourth-order valence-electron chi connectivity index (χ4n) is 9.46. The lowest BCUT2D eigenvalue weighted by Crippen LogP contribution is -2.14. The van der Waals surface area contributed by atoms with Crippen LogP contribution in [0, 0.1) is 0 Å². The highest BCUT2D eigenvalue weighted by Gasteiger charge is 2.31. The van der Waals surface area contributed by atoms with Crippen LogP contribution in [-0.2, 0) is 21.7 Å². The van der Waals surface area contributed by atoms with Crippen molar-refractivity contribution in [3.05, 3.63) is 95.1 Å². The van der Waals surface area contributed by atoms with E-state index in [4.69, 9.17) is 0 Å². The maximum atomic E-state index is 2.58. The van der Waals surface area contributed by atoms with Gasteiger partial charge in [-0.3, -0.25) is 0 Å². The van der Waals surface area contributed by atoms with Gasteiger partial charge in [-0.15, -0.1) is 0 Å². The lowest BCUT2D eigenvalue weighted by atomic mass is 9.77. The predicted octanol–water partition coefficient (Wildman–Crippen LogP) is 14.4. The molecule has 0 nitrogen and oxygen atoms in total. The summed E-state index contributed by atoms with van der Waals surface area (Å²) in [6.07, 6.45) is 0. The molecule has 0 heterocycles. The molecule has 0 bridgehead atoms. The van der Waals surface area contributed by atoms with E-state index in [2.05, 4.69) is 156 Å². The van der Waals surface area contributed by atoms with E-state index in [1.54, 1.807) is 0 Å². The highest BCUT2D eigenvalue weighted by molar-refractivity contribution is 6.47. The van der Waals surface area contributed by atoms with Crippen molar-refractivity contribution in [1.29, 1.82) is 0 Å². The quantitative estimate of drug-likeness (QED) is 0.157. The monoisotopic (exact) mass is 624 g/mol. The zero-order valence-electron chi connectivity index (χ0n) is 30.9. The second kappa shape index (κ2) is 8.89. The van der Waals surface area contributed by atoms with Gasteiger partial charge in [0.25, 0.3) is 0 Å². The molecule has 0 amide bonds. The van der Waals surface area contributed by atoms with E-state index >= 15 is 0 Å². The molecule has 240 valence electrons. The van der Waals surface area contributed by atoms with Crippen LogP contribution in [0.5, 0.6) is 0 Å². The van der Waals surface area contributed by atoms with Gasteiger partial charge in [0.15, 0.2) is 0 Å². The lowest BCUT2D eigenvalue weighted by Gasteiger charge is -2.26. The number of rotatable bonds is 0. The third-order valence-electron chi connectivity index (χ3n) is 11.6. The summed E-state index contributed by atoms with van der Waals surface area (Å²) >= 11 is 0. The average Bonchev–Trinajstić information content (AvgIpc) is 3.49. The summed E-state index contributed by atoms with van der Waals surface area (Å²) in [5.74, 6) is 0. The van der Waals surface area contributed by atoms with E-state index in [-0.39, 0.29) is 21.7 Å². The normalized spacial score (nSPS) is 14.2. The van der Waals surface area contributed by atoms with Crippen molar-refractivity contribution >= 4 is 86.2 Å². The molecule has 0 aliphatic heterocycles. The Morgan fingerprint density at radius 2 is 0.479 bits per heavy atom. The molecule has 0 radical (unpaired) electrons. The molecular weight excluding hydrogens is 577 g/mol. The van der Waals surface area contributed by atoms with E-state index in [0.29, 0.717) is 0 Å². The maximum Gasteiger partial charge on any atom is -0.00135 e. The molecule has 0 aliphatic carbocycles. The molecular formula is C48H48. The number of benzene rings is 7. The summed E-state index contributed by atoms with van der Waals surface area (Å²) in [5, 5.41) is 22.7. The van der Waals surface area contributed by atoms with Crippen LogP contribution in [0.2, 0.25) is 0 Å². The lowest BCUT2D eigenvalue weighted by molar-refractivity contribution is 0.595. The Morgan fingerprint density at radius 3 is 0.750 bits per heavy atom. The van der Waals surface area contributed by atoms with E-state index in [1.165, 1.54) is 108 Å². The Labute approximate surface area is 285 Å². The molecule has 0 fully saturated rings. The minimum atomic E-state index is 0.00451. The highest BCUT2D eigenvalue weighted by Crippen LogP contribution is 2.54. The third-order valence-corrected chi connectivity index (χ3v) is 11.6. The highest BCUT2D eigenvalue weighted by atomic mass is 14.3. The Kier molecular flexibility index (Phi) is 5.55. The third kappa shape index (κ3) is 3.73. The van der Waals surface area contributed by atoms with Gasteiger partial charge in [-0.05, 0) is 154 Å². The van der Waals surface area contributed by atoms with Gasteiger partial charge in [0.05, 0.1) is 0 Å². The van der Waals surface area contributed by atoms with Gasteiger partial charge < -0.3 is 0 Å². The predicted molar refractivity (Wildman–Crippen MR) is 215 cm³/mol. The van der Waals surface area contributed by atoms with Crippen LogP contribution in [0.4, 0.5) is 0 Å². The number of fused-ring (bicyclic) bond motifs is 7. The topological polar surface area (TPSA) is 0 Å².